The minimum atomic E-state index is -0.927. The number of amides is 3. The monoisotopic (exact) mass is 796 g/mol. The highest BCUT2D eigenvalue weighted by Crippen LogP contribution is 2.31. The van der Waals surface area contributed by atoms with Crippen molar-refractivity contribution in [3.8, 4) is 5.75 Å². The van der Waals surface area contributed by atoms with E-state index in [-0.39, 0.29) is 39.9 Å². The summed E-state index contributed by atoms with van der Waals surface area (Å²) in [5, 5.41) is 7.78. The maximum Gasteiger partial charge on any atom is 0.437 e. The van der Waals surface area contributed by atoms with Gasteiger partial charge >= 0.3 is 18.2 Å². The lowest BCUT2D eigenvalue weighted by Crippen LogP contribution is -2.40. The maximum atomic E-state index is 13.9. The minimum Gasteiger partial charge on any atom is -0.444 e. The molecule has 0 spiro atoms. The van der Waals surface area contributed by atoms with Gasteiger partial charge in [-0.3, -0.25) is 10.1 Å². The summed E-state index contributed by atoms with van der Waals surface area (Å²) in [7, 11) is 0. The van der Waals surface area contributed by atoms with Crippen LogP contribution in [0.25, 0.3) is 0 Å². The molecule has 1 heterocycles. The van der Waals surface area contributed by atoms with Gasteiger partial charge < -0.3 is 24.4 Å². The van der Waals surface area contributed by atoms with Crippen molar-refractivity contribution in [2.45, 2.75) is 120 Å². The molecule has 3 aromatic rings. The van der Waals surface area contributed by atoms with Crippen molar-refractivity contribution in [2.75, 3.05) is 11.9 Å². The Labute approximate surface area is 335 Å². The zero-order chi connectivity index (χ0) is 41.5. The highest BCUT2D eigenvalue weighted by atomic mass is 35.5. The van der Waals surface area contributed by atoms with E-state index in [2.05, 4.69) is 68.6 Å². The molecule has 2 N–H and O–H groups in total. The number of hydrogen-bond donors (Lipinski definition) is 2. The predicted octanol–water partition coefficient (Wildman–Crippen LogP) is 10.4. The molecule has 0 saturated heterocycles. The topological polar surface area (TPSA) is 136 Å². The lowest BCUT2D eigenvalue weighted by atomic mass is 9.93. The molecule has 0 aliphatic carbocycles. The molecular formula is C42H57ClN4O7S. The van der Waals surface area contributed by atoms with Gasteiger partial charge in [-0.15, -0.1) is 16.3 Å². The summed E-state index contributed by atoms with van der Waals surface area (Å²) in [6.45, 7) is 26.2. The fraction of sp³-hybridized carbons (Fsp3) is 0.500. The molecule has 55 heavy (non-hydrogen) atoms. The number of benzene rings is 2. The van der Waals surface area contributed by atoms with Gasteiger partial charge in [-0.25, -0.2) is 14.4 Å². The molecule has 0 aliphatic rings. The Kier molecular flexibility index (Phi) is 14.7. The third-order valence-corrected chi connectivity index (χ3v) is 9.28. The molecule has 0 saturated carbocycles. The molecule has 2 aromatic carbocycles. The Morgan fingerprint density at radius 3 is 2.00 bits per heavy atom. The van der Waals surface area contributed by atoms with Crippen LogP contribution in [-0.2, 0) is 32.6 Å². The number of carbonyl (C=O) groups is 4. The zero-order valence-corrected chi connectivity index (χ0v) is 36.0. The quantitative estimate of drug-likeness (QED) is 0.0945. The Hall–Kier alpha value is -4.42. The largest absolute Gasteiger partial charge is 0.444 e. The average molecular weight is 797 g/mol. The number of nitrogens with one attached hydrogen (secondary N) is 2. The van der Waals surface area contributed by atoms with Crippen LogP contribution in [0.4, 0.5) is 15.3 Å². The van der Waals surface area contributed by atoms with Gasteiger partial charge in [0.1, 0.15) is 17.0 Å². The van der Waals surface area contributed by atoms with E-state index in [9.17, 15) is 19.2 Å². The molecule has 1 aromatic heterocycles. The van der Waals surface area contributed by atoms with Crippen molar-refractivity contribution in [3.63, 3.8) is 0 Å². The van der Waals surface area contributed by atoms with Gasteiger partial charge in [-0.05, 0) is 118 Å². The highest BCUT2D eigenvalue weighted by molar-refractivity contribution is 7.10. The van der Waals surface area contributed by atoms with Gasteiger partial charge in [-0.2, -0.15) is 0 Å². The van der Waals surface area contributed by atoms with Gasteiger partial charge in [0, 0.05) is 34.6 Å². The molecule has 0 radical (unpaired) electrons. The molecule has 3 amide bonds. The van der Waals surface area contributed by atoms with Crippen LogP contribution in [0.5, 0.6) is 5.75 Å². The average Bonchev–Trinajstić information content (AvgIpc) is 3.49. The molecule has 0 fully saturated rings. The van der Waals surface area contributed by atoms with Gasteiger partial charge in [0.15, 0.2) is 0 Å². The van der Waals surface area contributed by atoms with Gasteiger partial charge in [-0.1, -0.05) is 66.1 Å². The highest BCUT2D eigenvalue weighted by Gasteiger charge is 2.27. The van der Waals surface area contributed by atoms with E-state index in [1.807, 2.05) is 11.8 Å². The Bertz CT molecular complexity index is 1860. The predicted molar refractivity (Wildman–Crippen MR) is 220 cm³/mol. The summed E-state index contributed by atoms with van der Waals surface area (Å²) in [6, 6.07) is 13.3. The Balaban J connectivity index is 1.68. The van der Waals surface area contributed by atoms with Crippen molar-refractivity contribution in [1.29, 1.82) is 0 Å². The maximum absolute atomic E-state index is 13.9. The number of thiophene rings is 1. The molecule has 3 rings (SSSR count). The van der Waals surface area contributed by atoms with Crippen molar-refractivity contribution < 1.29 is 33.4 Å². The summed E-state index contributed by atoms with van der Waals surface area (Å²) in [4.78, 5) is 58.8. The SMILES string of the molecule is CC(Cc1ccc(OC(=O)c2ccc(N/C(=N\C(=O)OC(C)(C)C)NC(=O)OC(C)(C)C)cc2)cc1Cl)C(=O)N(Cc1csc(C(C)(C)C)c1)CC(C)(C)C. The second-order valence-corrected chi connectivity index (χ2v) is 19.2. The van der Waals surface area contributed by atoms with Crippen LogP contribution in [0.1, 0.15) is 116 Å². The number of guanidine groups is 1. The third kappa shape index (κ3) is 15.7. The van der Waals surface area contributed by atoms with E-state index in [1.54, 1.807) is 83.2 Å². The summed E-state index contributed by atoms with van der Waals surface area (Å²) >= 11 is 8.40. The number of alkyl carbamates (subject to hydrolysis) is 1. The lowest BCUT2D eigenvalue weighted by Gasteiger charge is -2.32. The van der Waals surface area contributed by atoms with Crippen LogP contribution in [-0.4, -0.2) is 52.7 Å². The van der Waals surface area contributed by atoms with E-state index < -0.39 is 29.4 Å². The summed E-state index contributed by atoms with van der Waals surface area (Å²) < 4.78 is 16.1. The fourth-order valence-corrected chi connectivity index (χ4v) is 6.44. The molecule has 1 atom stereocenters. The molecule has 0 aliphatic heterocycles. The fourth-order valence-electron chi connectivity index (χ4n) is 5.20. The van der Waals surface area contributed by atoms with Gasteiger partial charge in [0.25, 0.3) is 0 Å². The standard InChI is InChI=1S/C42H57ClN4O7S/c1-26(34(48)47(25-39(2,3)4)23-27-21-33(55-24-27)40(5,6)7)20-29-16-19-31(22-32(29)43)52-35(49)28-14-17-30(18-15-28)44-36(45-37(50)53-41(8,9)10)46-38(51)54-42(11,12)13/h14-19,21-22,24,26H,20,23,25H2,1-13H3,(H2,44,45,46,50,51). The lowest BCUT2D eigenvalue weighted by molar-refractivity contribution is -0.137. The van der Waals surface area contributed by atoms with Crippen molar-refractivity contribution in [3.05, 3.63) is 80.5 Å². The zero-order valence-electron chi connectivity index (χ0n) is 34.4. The van der Waals surface area contributed by atoms with Crippen LogP contribution in [0.15, 0.2) is 58.9 Å². The van der Waals surface area contributed by atoms with E-state index in [4.69, 9.17) is 25.8 Å². The first-order chi connectivity index (χ1) is 25.2. The molecule has 11 nitrogen and oxygen atoms in total. The number of ether oxygens (including phenoxy) is 3. The Morgan fingerprint density at radius 2 is 1.47 bits per heavy atom. The second-order valence-electron chi connectivity index (χ2n) is 17.8. The minimum absolute atomic E-state index is 0.0453. The first-order valence-electron chi connectivity index (χ1n) is 18.2. The third-order valence-electron chi connectivity index (χ3n) is 7.53. The van der Waals surface area contributed by atoms with Crippen LogP contribution in [0.3, 0.4) is 0 Å². The van der Waals surface area contributed by atoms with Crippen molar-refractivity contribution >= 4 is 58.6 Å². The number of anilines is 1. The summed E-state index contributed by atoms with van der Waals surface area (Å²) in [5.74, 6) is -0.908. The molecular weight excluding hydrogens is 740 g/mol. The number of nitrogens with zero attached hydrogens (tertiary/aromatic N) is 2. The molecule has 300 valence electrons. The number of hydrogen-bond acceptors (Lipinski definition) is 8. The van der Waals surface area contributed by atoms with E-state index in [1.165, 1.54) is 17.0 Å². The van der Waals surface area contributed by atoms with Crippen LogP contribution in [0.2, 0.25) is 5.02 Å². The smallest absolute Gasteiger partial charge is 0.437 e. The molecule has 1 unspecified atom stereocenters. The van der Waals surface area contributed by atoms with E-state index >= 15 is 0 Å². The number of rotatable bonds is 9. The van der Waals surface area contributed by atoms with Crippen LogP contribution in [0, 0.1) is 11.3 Å². The first kappa shape index (κ1) is 45.0. The van der Waals surface area contributed by atoms with Gasteiger partial charge in [0.05, 0.1) is 5.56 Å². The summed E-state index contributed by atoms with van der Waals surface area (Å²) in [5.41, 5.74) is 0.883. The summed E-state index contributed by atoms with van der Waals surface area (Å²) in [6.07, 6.45) is -1.34. The van der Waals surface area contributed by atoms with Crippen LogP contribution < -0.4 is 15.4 Å². The normalized spacial score (nSPS) is 13.1. The van der Waals surface area contributed by atoms with E-state index in [0.717, 1.165) is 11.1 Å². The van der Waals surface area contributed by atoms with Crippen molar-refractivity contribution in [2.24, 2.45) is 16.3 Å². The van der Waals surface area contributed by atoms with E-state index in [0.29, 0.717) is 30.2 Å². The van der Waals surface area contributed by atoms with Crippen LogP contribution >= 0.6 is 22.9 Å². The number of esters is 1. The number of carbonyl (C=O) groups excluding carboxylic acids is 4. The number of halogens is 1. The Morgan fingerprint density at radius 1 is 0.855 bits per heavy atom. The molecule has 0 bridgehead atoms. The number of aliphatic imine (C=N–C) groups is 1. The first-order valence-corrected chi connectivity index (χ1v) is 19.5. The molecule has 13 heteroatoms. The van der Waals surface area contributed by atoms with Crippen molar-refractivity contribution in [1.82, 2.24) is 10.2 Å². The van der Waals surface area contributed by atoms with Gasteiger partial charge in [0.2, 0.25) is 11.9 Å². The second kappa shape index (κ2) is 18.0.